The van der Waals surface area contributed by atoms with E-state index in [1.807, 2.05) is 36.4 Å². The summed E-state index contributed by atoms with van der Waals surface area (Å²) in [5.74, 6) is 0.177. The molecule has 4 rings (SSSR count). The van der Waals surface area contributed by atoms with Gasteiger partial charge in [0.15, 0.2) is 0 Å². The maximum atomic E-state index is 13.6. The van der Waals surface area contributed by atoms with Crippen molar-refractivity contribution in [3.05, 3.63) is 71.5 Å². The molecule has 7 heteroatoms. The van der Waals surface area contributed by atoms with Crippen molar-refractivity contribution < 1.29 is 23.4 Å². The molecule has 3 atom stereocenters. The summed E-state index contributed by atoms with van der Waals surface area (Å²) in [6.45, 7) is 0.989. The van der Waals surface area contributed by atoms with E-state index in [0.29, 0.717) is 25.6 Å². The van der Waals surface area contributed by atoms with Crippen LogP contribution in [-0.2, 0) is 20.8 Å². The number of benzene rings is 2. The number of likely N-dealkylation sites (tertiary alicyclic amines) is 1. The van der Waals surface area contributed by atoms with Gasteiger partial charge >= 0.3 is 6.09 Å². The molecule has 2 aromatic rings. The Morgan fingerprint density at radius 2 is 1.82 bits per heavy atom. The lowest BCUT2D eigenvalue weighted by Crippen LogP contribution is -2.49. The predicted molar refractivity (Wildman–Crippen MR) is 128 cm³/mol. The topological polar surface area (TPSA) is 74.0 Å². The van der Waals surface area contributed by atoms with Crippen LogP contribution in [0.3, 0.4) is 0 Å². The van der Waals surface area contributed by atoms with E-state index in [9.17, 15) is 9.18 Å². The van der Waals surface area contributed by atoms with Gasteiger partial charge in [-0.1, -0.05) is 42.5 Å². The molecular weight excluding hydrogens is 435 g/mol. The molecule has 2 N–H and O–H groups in total. The molecule has 184 valence electrons. The van der Waals surface area contributed by atoms with Crippen molar-refractivity contribution in [2.75, 3.05) is 20.3 Å². The van der Waals surface area contributed by atoms with Crippen LogP contribution in [0.4, 0.5) is 9.18 Å². The third-order valence-electron chi connectivity index (χ3n) is 7.06. The van der Waals surface area contributed by atoms with Crippen LogP contribution in [-0.4, -0.2) is 55.5 Å². The summed E-state index contributed by atoms with van der Waals surface area (Å²) in [5.41, 5.74) is 8.44. The summed E-state index contributed by atoms with van der Waals surface area (Å²) in [4.78, 5) is 14.8. The summed E-state index contributed by atoms with van der Waals surface area (Å²) in [6.07, 6.45) is 4.10. The third-order valence-corrected chi connectivity index (χ3v) is 7.06. The van der Waals surface area contributed by atoms with E-state index in [1.165, 1.54) is 6.07 Å². The Morgan fingerprint density at radius 3 is 2.53 bits per heavy atom. The van der Waals surface area contributed by atoms with Crippen molar-refractivity contribution in [3.8, 4) is 0 Å². The van der Waals surface area contributed by atoms with Gasteiger partial charge in [0.25, 0.3) is 0 Å². The van der Waals surface area contributed by atoms with Gasteiger partial charge in [-0.15, -0.1) is 0 Å². The van der Waals surface area contributed by atoms with Crippen molar-refractivity contribution in [3.63, 3.8) is 0 Å². The molecule has 0 aromatic heterocycles. The molecule has 1 heterocycles. The largest absolute Gasteiger partial charge is 0.445 e. The molecule has 2 aromatic carbocycles. The lowest BCUT2D eigenvalue weighted by Gasteiger charge is -2.33. The second-order valence-electron chi connectivity index (χ2n) is 9.39. The first-order valence-electron chi connectivity index (χ1n) is 12.2. The molecule has 1 aliphatic heterocycles. The highest BCUT2D eigenvalue weighted by molar-refractivity contribution is 5.69. The number of carbonyl (C=O) groups excluding carboxylic acids is 1. The van der Waals surface area contributed by atoms with Gasteiger partial charge in [-0.2, -0.15) is 0 Å². The van der Waals surface area contributed by atoms with Gasteiger partial charge in [0.05, 0.1) is 31.4 Å². The van der Waals surface area contributed by atoms with Gasteiger partial charge in [-0.25, -0.2) is 9.18 Å². The Labute approximate surface area is 201 Å². The molecule has 1 aliphatic carbocycles. The molecule has 0 unspecified atom stereocenters. The molecule has 0 bridgehead atoms. The fraction of sp³-hybridized carbons (Fsp3) is 0.519. The van der Waals surface area contributed by atoms with Gasteiger partial charge in [-0.05, 0) is 61.3 Å². The van der Waals surface area contributed by atoms with E-state index in [2.05, 4.69) is 0 Å². The average molecular weight is 471 g/mol. The lowest BCUT2D eigenvalue weighted by molar-refractivity contribution is -0.0155. The zero-order chi connectivity index (χ0) is 23.9. The van der Waals surface area contributed by atoms with Crippen LogP contribution in [0, 0.1) is 5.82 Å². The number of nitrogens with zero attached hydrogens (tertiary/aromatic N) is 1. The maximum absolute atomic E-state index is 13.6. The maximum Gasteiger partial charge on any atom is 0.410 e. The SMILES string of the molecule is COC[C@@H]1C[C@H](N)[C@H](COC2CCC(c3cccc(F)c3)CC2)N1C(=O)OCc1ccccc1. The van der Waals surface area contributed by atoms with Gasteiger partial charge in [0.1, 0.15) is 12.4 Å². The van der Waals surface area contributed by atoms with Gasteiger partial charge < -0.3 is 19.9 Å². The standard InChI is InChI=1S/C27H35FN2O4/c1-32-17-23-15-25(29)26(30(23)27(31)34-16-19-6-3-2-4-7-19)18-33-24-12-10-20(11-13-24)21-8-5-9-22(28)14-21/h2-9,14,20,23-26H,10-13,15-18,29H2,1H3/t20?,23-,24?,25-,26-/m0/s1. The zero-order valence-electron chi connectivity index (χ0n) is 19.8. The molecule has 0 radical (unpaired) electrons. The number of nitrogens with two attached hydrogens (primary N) is 1. The third kappa shape index (κ3) is 6.14. The quantitative estimate of drug-likeness (QED) is 0.609. The summed E-state index contributed by atoms with van der Waals surface area (Å²) in [7, 11) is 1.62. The second kappa shape index (κ2) is 11.8. The summed E-state index contributed by atoms with van der Waals surface area (Å²) >= 11 is 0. The molecule has 34 heavy (non-hydrogen) atoms. The Balaban J connectivity index is 1.32. The number of halogens is 1. The van der Waals surface area contributed by atoms with Crippen LogP contribution in [0.15, 0.2) is 54.6 Å². The van der Waals surface area contributed by atoms with Crippen LogP contribution in [0.5, 0.6) is 0 Å². The Bertz CT molecular complexity index is 920. The van der Waals surface area contributed by atoms with Gasteiger partial charge in [0, 0.05) is 13.2 Å². The Kier molecular flexibility index (Phi) is 8.53. The molecule has 2 fully saturated rings. The predicted octanol–water partition coefficient (Wildman–Crippen LogP) is 4.62. The van der Waals surface area contributed by atoms with Crippen LogP contribution in [0.1, 0.15) is 49.1 Å². The fourth-order valence-corrected chi connectivity index (χ4v) is 5.24. The van der Waals surface area contributed by atoms with E-state index in [4.69, 9.17) is 19.9 Å². The van der Waals surface area contributed by atoms with Crippen molar-refractivity contribution >= 4 is 6.09 Å². The molecule has 6 nitrogen and oxygen atoms in total. The zero-order valence-corrected chi connectivity index (χ0v) is 19.8. The molecular formula is C27H35FN2O4. The smallest absolute Gasteiger partial charge is 0.410 e. The van der Waals surface area contributed by atoms with E-state index < -0.39 is 0 Å². The molecule has 1 amide bonds. The highest BCUT2D eigenvalue weighted by atomic mass is 19.1. The van der Waals surface area contributed by atoms with Gasteiger partial charge in [0.2, 0.25) is 0 Å². The second-order valence-corrected chi connectivity index (χ2v) is 9.39. The first kappa shape index (κ1) is 24.6. The number of hydrogen-bond acceptors (Lipinski definition) is 5. The number of carbonyl (C=O) groups is 1. The summed E-state index contributed by atoms with van der Waals surface area (Å²) < 4.78 is 30.8. The van der Waals surface area contributed by atoms with E-state index in [-0.39, 0.29) is 42.7 Å². The van der Waals surface area contributed by atoms with Crippen molar-refractivity contribution in [2.24, 2.45) is 5.73 Å². The lowest BCUT2D eigenvalue weighted by atomic mass is 9.82. The molecule has 1 saturated heterocycles. The van der Waals surface area contributed by atoms with Crippen molar-refractivity contribution in [1.82, 2.24) is 4.90 Å². The van der Waals surface area contributed by atoms with E-state index in [1.54, 1.807) is 24.1 Å². The van der Waals surface area contributed by atoms with Crippen LogP contribution in [0.2, 0.25) is 0 Å². The Hall–Kier alpha value is -2.48. The summed E-state index contributed by atoms with van der Waals surface area (Å²) in [5, 5.41) is 0. The average Bonchev–Trinajstić information content (AvgIpc) is 3.17. The number of methoxy groups -OCH3 is 1. The number of ether oxygens (including phenoxy) is 3. The minimum atomic E-state index is -0.387. The number of amides is 1. The normalized spacial score (nSPS) is 27.0. The first-order chi connectivity index (χ1) is 16.5. The van der Waals surface area contributed by atoms with Crippen LogP contribution in [0.25, 0.3) is 0 Å². The number of hydrogen-bond donors (Lipinski definition) is 1. The van der Waals surface area contributed by atoms with Crippen molar-refractivity contribution in [1.29, 1.82) is 0 Å². The Morgan fingerprint density at radius 1 is 1.06 bits per heavy atom. The van der Waals surface area contributed by atoms with Crippen LogP contribution >= 0.6 is 0 Å². The summed E-state index contributed by atoms with van der Waals surface area (Å²) in [6, 6.07) is 15.9. The van der Waals surface area contributed by atoms with Crippen LogP contribution < -0.4 is 5.73 Å². The van der Waals surface area contributed by atoms with Crippen molar-refractivity contribution in [2.45, 2.75) is 68.9 Å². The molecule has 1 saturated carbocycles. The van der Waals surface area contributed by atoms with E-state index >= 15 is 0 Å². The van der Waals surface area contributed by atoms with Gasteiger partial charge in [-0.3, -0.25) is 4.90 Å². The molecule has 2 aliphatic rings. The minimum Gasteiger partial charge on any atom is -0.445 e. The number of rotatable bonds is 8. The van der Waals surface area contributed by atoms with E-state index in [0.717, 1.165) is 36.8 Å². The first-order valence-corrected chi connectivity index (χ1v) is 12.2. The highest BCUT2D eigenvalue weighted by Crippen LogP contribution is 2.35. The minimum absolute atomic E-state index is 0.112. The highest BCUT2D eigenvalue weighted by Gasteiger charge is 2.43. The fourth-order valence-electron chi connectivity index (χ4n) is 5.24. The molecule has 0 spiro atoms. The monoisotopic (exact) mass is 470 g/mol.